The van der Waals surface area contributed by atoms with Gasteiger partial charge in [-0.25, -0.2) is 9.78 Å². The number of rotatable bonds is 1. The number of imidazole rings is 1. The van der Waals surface area contributed by atoms with Crippen LogP contribution >= 0.6 is 15.9 Å². The van der Waals surface area contributed by atoms with Crippen LogP contribution in [0.5, 0.6) is 0 Å². The Bertz CT molecular complexity index is 523. The molecule has 14 heavy (non-hydrogen) atoms. The van der Waals surface area contributed by atoms with Gasteiger partial charge in [-0.05, 0) is 22.0 Å². The molecule has 2 rings (SSSR count). The Morgan fingerprint density at radius 1 is 1.64 bits per heavy atom. The molecule has 4 nitrogen and oxygen atoms in total. The summed E-state index contributed by atoms with van der Waals surface area (Å²) in [6, 6.07) is 1.38. The van der Waals surface area contributed by atoms with E-state index in [4.69, 9.17) is 5.11 Å². The summed E-state index contributed by atoms with van der Waals surface area (Å²) in [7, 11) is 0. The van der Waals surface area contributed by atoms with E-state index in [-0.39, 0.29) is 11.2 Å². The molecule has 0 aromatic carbocycles. The lowest BCUT2D eigenvalue weighted by molar-refractivity contribution is 0.0698. The van der Waals surface area contributed by atoms with Gasteiger partial charge in [-0.1, -0.05) is 0 Å². The highest BCUT2D eigenvalue weighted by Crippen LogP contribution is 2.18. The third-order valence-electron chi connectivity index (χ3n) is 1.76. The largest absolute Gasteiger partial charge is 0.478 e. The molecule has 2 heterocycles. The summed E-state index contributed by atoms with van der Waals surface area (Å²) in [6.45, 7) is 0. The molecule has 0 radical (unpaired) electrons. The lowest BCUT2D eigenvalue weighted by Crippen LogP contribution is -2.01. The van der Waals surface area contributed by atoms with Crippen LogP contribution in [0.15, 0.2) is 22.9 Å². The number of carboxylic acids is 1. The molecule has 0 spiro atoms. The fourth-order valence-electron chi connectivity index (χ4n) is 1.18. The SMILES string of the molecule is O=C(O)c1cc(Br)cn2c(F)cnc12. The van der Waals surface area contributed by atoms with E-state index in [0.717, 1.165) is 10.6 Å². The molecular formula is C8H4BrFN2O2. The molecule has 0 saturated carbocycles. The normalized spacial score (nSPS) is 10.7. The van der Waals surface area contributed by atoms with E-state index in [1.807, 2.05) is 0 Å². The maximum atomic E-state index is 13.1. The summed E-state index contributed by atoms with van der Waals surface area (Å²) in [5.41, 5.74) is 0.0569. The molecule has 0 unspecified atom stereocenters. The molecule has 0 aliphatic heterocycles. The van der Waals surface area contributed by atoms with Crippen molar-refractivity contribution in [1.82, 2.24) is 9.38 Å². The van der Waals surface area contributed by atoms with E-state index in [1.165, 1.54) is 12.3 Å². The van der Waals surface area contributed by atoms with Gasteiger partial charge in [0.05, 0.1) is 6.20 Å². The summed E-state index contributed by atoms with van der Waals surface area (Å²) < 4.78 is 14.6. The van der Waals surface area contributed by atoms with Crippen LogP contribution in [-0.4, -0.2) is 20.5 Å². The third-order valence-corrected chi connectivity index (χ3v) is 2.19. The molecule has 6 heteroatoms. The second-order valence-electron chi connectivity index (χ2n) is 2.65. The zero-order valence-corrected chi connectivity index (χ0v) is 8.32. The number of nitrogens with zero attached hydrogens (tertiary/aromatic N) is 2. The predicted molar refractivity (Wildman–Crippen MR) is 49.8 cm³/mol. The van der Waals surface area contributed by atoms with Gasteiger partial charge in [0, 0.05) is 10.7 Å². The van der Waals surface area contributed by atoms with Gasteiger partial charge in [0.2, 0.25) is 5.95 Å². The number of hydrogen-bond donors (Lipinski definition) is 1. The Morgan fingerprint density at radius 3 is 3.00 bits per heavy atom. The van der Waals surface area contributed by atoms with E-state index in [2.05, 4.69) is 20.9 Å². The van der Waals surface area contributed by atoms with Gasteiger partial charge in [-0.2, -0.15) is 4.39 Å². The van der Waals surface area contributed by atoms with E-state index < -0.39 is 11.9 Å². The van der Waals surface area contributed by atoms with Crippen LogP contribution in [0.4, 0.5) is 4.39 Å². The fraction of sp³-hybridized carbons (Fsp3) is 0. The number of halogens is 2. The summed E-state index contributed by atoms with van der Waals surface area (Å²) in [5, 5.41) is 8.82. The van der Waals surface area contributed by atoms with Crippen LogP contribution in [0.3, 0.4) is 0 Å². The molecule has 1 N–H and O–H groups in total. The summed E-state index contributed by atoms with van der Waals surface area (Å²) >= 11 is 3.09. The van der Waals surface area contributed by atoms with Crippen LogP contribution in [0, 0.1) is 5.95 Å². The molecule has 2 aromatic heterocycles. The van der Waals surface area contributed by atoms with Crippen molar-refractivity contribution in [1.29, 1.82) is 0 Å². The molecule has 0 amide bonds. The Kier molecular flexibility index (Phi) is 1.99. The minimum Gasteiger partial charge on any atom is -0.478 e. The molecule has 0 aliphatic carbocycles. The van der Waals surface area contributed by atoms with E-state index in [9.17, 15) is 9.18 Å². The number of carbonyl (C=O) groups is 1. The zero-order valence-electron chi connectivity index (χ0n) is 6.74. The van der Waals surface area contributed by atoms with Gasteiger partial charge in [0.15, 0.2) is 5.65 Å². The standard InChI is InChI=1S/C8H4BrFN2O2/c9-4-1-5(8(13)14)7-11-2-6(10)12(7)3-4/h1-3H,(H,13,14). The average Bonchev–Trinajstić information content (AvgIpc) is 2.47. The lowest BCUT2D eigenvalue weighted by Gasteiger charge is -2.00. The highest BCUT2D eigenvalue weighted by Gasteiger charge is 2.13. The molecule has 0 atom stereocenters. The fourth-order valence-corrected chi connectivity index (χ4v) is 1.62. The average molecular weight is 259 g/mol. The van der Waals surface area contributed by atoms with Crippen molar-refractivity contribution in [2.24, 2.45) is 0 Å². The van der Waals surface area contributed by atoms with Crippen molar-refractivity contribution in [3.8, 4) is 0 Å². The minimum atomic E-state index is -1.14. The lowest BCUT2D eigenvalue weighted by atomic mass is 10.3. The monoisotopic (exact) mass is 258 g/mol. The van der Waals surface area contributed by atoms with Crippen molar-refractivity contribution in [3.63, 3.8) is 0 Å². The van der Waals surface area contributed by atoms with Gasteiger partial charge >= 0.3 is 5.97 Å². The quantitative estimate of drug-likeness (QED) is 0.851. The van der Waals surface area contributed by atoms with Gasteiger partial charge in [0.25, 0.3) is 0 Å². The first-order valence-corrected chi connectivity index (χ1v) is 4.44. The summed E-state index contributed by atoms with van der Waals surface area (Å²) in [6.07, 6.45) is 2.40. The van der Waals surface area contributed by atoms with E-state index in [0.29, 0.717) is 4.47 Å². The van der Waals surface area contributed by atoms with Gasteiger partial charge < -0.3 is 5.11 Å². The van der Waals surface area contributed by atoms with Crippen molar-refractivity contribution in [2.45, 2.75) is 0 Å². The van der Waals surface area contributed by atoms with Gasteiger partial charge in [-0.15, -0.1) is 0 Å². The number of pyridine rings is 1. The van der Waals surface area contributed by atoms with Crippen LogP contribution in [0.2, 0.25) is 0 Å². The molecule has 0 bridgehead atoms. The van der Waals surface area contributed by atoms with Gasteiger partial charge in [-0.3, -0.25) is 4.40 Å². The molecule has 72 valence electrons. The summed E-state index contributed by atoms with van der Waals surface area (Å²) in [4.78, 5) is 14.4. The van der Waals surface area contributed by atoms with E-state index >= 15 is 0 Å². The van der Waals surface area contributed by atoms with Crippen LogP contribution < -0.4 is 0 Å². The molecule has 2 aromatic rings. The Balaban J connectivity index is 2.88. The first-order chi connectivity index (χ1) is 6.59. The third kappa shape index (κ3) is 1.27. The minimum absolute atomic E-state index is 0.0386. The second kappa shape index (κ2) is 3.06. The predicted octanol–water partition coefficient (Wildman–Crippen LogP) is 1.93. The van der Waals surface area contributed by atoms with Crippen LogP contribution in [-0.2, 0) is 0 Å². The smallest absolute Gasteiger partial charge is 0.339 e. The molecule has 0 aliphatic rings. The van der Waals surface area contributed by atoms with Crippen LogP contribution in [0.25, 0.3) is 5.65 Å². The Labute approximate surface area is 86.1 Å². The number of hydrogen-bond acceptors (Lipinski definition) is 2. The molecular weight excluding hydrogens is 255 g/mol. The van der Waals surface area contributed by atoms with Crippen molar-refractivity contribution >= 4 is 27.5 Å². The Morgan fingerprint density at radius 2 is 2.36 bits per heavy atom. The van der Waals surface area contributed by atoms with Crippen molar-refractivity contribution in [3.05, 3.63) is 34.4 Å². The highest BCUT2D eigenvalue weighted by molar-refractivity contribution is 9.10. The molecule has 0 saturated heterocycles. The summed E-state index contributed by atoms with van der Waals surface area (Å²) in [5.74, 6) is -1.73. The Hall–Kier alpha value is -1.43. The van der Waals surface area contributed by atoms with Gasteiger partial charge in [0.1, 0.15) is 5.56 Å². The number of aromatic carboxylic acids is 1. The molecule has 0 fully saturated rings. The van der Waals surface area contributed by atoms with Crippen molar-refractivity contribution < 1.29 is 14.3 Å². The number of fused-ring (bicyclic) bond motifs is 1. The zero-order chi connectivity index (χ0) is 10.3. The highest BCUT2D eigenvalue weighted by atomic mass is 79.9. The first-order valence-electron chi connectivity index (χ1n) is 3.65. The van der Waals surface area contributed by atoms with E-state index in [1.54, 1.807) is 0 Å². The number of carboxylic acid groups (broad SMARTS) is 1. The first kappa shape index (κ1) is 9.14. The maximum absolute atomic E-state index is 13.1. The number of aromatic nitrogens is 2. The second-order valence-corrected chi connectivity index (χ2v) is 3.57. The van der Waals surface area contributed by atoms with Crippen molar-refractivity contribution in [2.75, 3.05) is 0 Å². The topological polar surface area (TPSA) is 54.6 Å². The maximum Gasteiger partial charge on any atom is 0.339 e. The van der Waals surface area contributed by atoms with Crippen LogP contribution in [0.1, 0.15) is 10.4 Å².